The molecule has 2 heterocycles. The molecule has 0 aliphatic rings. The number of nitrogens with two attached hydrogens (primary N) is 1. The molecule has 0 atom stereocenters. The van der Waals surface area contributed by atoms with Crippen LogP contribution in [0.15, 0.2) is 36.9 Å². The third-order valence-corrected chi connectivity index (χ3v) is 2.62. The molecule has 0 saturated heterocycles. The Hall–Kier alpha value is -2.94. The van der Waals surface area contributed by atoms with Crippen LogP contribution in [-0.4, -0.2) is 19.5 Å². The molecule has 0 saturated carbocycles. The second-order valence-electron chi connectivity index (χ2n) is 3.71. The van der Waals surface area contributed by atoms with E-state index in [2.05, 4.69) is 21.0 Å². The minimum atomic E-state index is 0.361. The number of anilines is 1. The van der Waals surface area contributed by atoms with Gasteiger partial charge in [-0.15, -0.1) is 0 Å². The maximum atomic E-state index is 8.90. The standard InChI is InChI=1S/C12H8N6/c13-5-8-2-1-3-9(4-8)18-7-17-12-10(18)11(14)15-6-16-12/h1-4,6-7H,(H2,14,15,16). The molecule has 18 heavy (non-hydrogen) atoms. The number of nitrogens with zero attached hydrogens (tertiary/aromatic N) is 5. The number of fused-ring (bicyclic) bond motifs is 1. The lowest BCUT2D eigenvalue weighted by molar-refractivity contribution is 1.09. The number of nitrogen functional groups attached to an aromatic ring is 1. The topological polar surface area (TPSA) is 93.4 Å². The summed E-state index contributed by atoms with van der Waals surface area (Å²) in [6, 6.07) is 9.27. The van der Waals surface area contributed by atoms with E-state index in [4.69, 9.17) is 11.0 Å². The van der Waals surface area contributed by atoms with Crippen molar-refractivity contribution in [3.05, 3.63) is 42.5 Å². The van der Waals surface area contributed by atoms with Crippen molar-refractivity contribution in [3.63, 3.8) is 0 Å². The van der Waals surface area contributed by atoms with Crippen LogP contribution in [0.1, 0.15) is 5.56 Å². The maximum absolute atomic E-state index is 8.90. The molecule has 0 fully saturated rings. The molecule has 0 aliphatic carbocycles. The molecule has 0 unspecified atom stereocenters. The van der Waals surface area contributed by atoms with Crippen molar-refractivity contribution < 1.29 is 0 Å². The van der Waals surface area contributed by atoms with E-state index >= 15 is 0 Å². The number of aromatic nitrogens is 4. The highest BCUT2D eigenvalue weighted by molar-refractivity contribution is 5.83. The lowest BCUT2D eigenvalue weighted by Gasteiger charge is -2.05. The summed E-state index contributed by atoms with van der Waals surface area (Å²) in [6.45, 7) is 0. The summed E-state index contributed by atoms with van der Waals surface area (Å²) in [5.41, 5.74) is 8.39. The van der Waals surface area contributed by atoms with Gasteiger partial charge < -0.3 is 5.73 Å². The summed E-state index contributed by atoms with van der Waals surface area (Å²) in [4.78, 5) is 12.2. The van der Waals surface area contributed by atoms with Crippen LogP contribution in [0.3, 0.4) is 0 Å². The van der Waals surface area contributed by atoms with E-state index in [1.165, 1.54) is 6.33 Å². The van der Waals surface area contributed by atoms with Gasteiger partial charge >= 0.3 is 0 Å². The fourth-order valence-electron chi connectivity index (χ4n) is 1.80. The number of hydrogen-bond acceptors (Lipinski definition) is 5. The van der Waals surface area contributed by atoms with Crippen molar-refractivity contribution in [2.75, 3.05) is 5.73 Å². The third-order valence-electron chi connectivity index (χ3n) is 2.62. The van der Waals surface area contributed by atoms with Gasteiger partial charge in [0.15, 0.2) is 11.5 Å². The summed E-state index contributed by atoms with van der Waals surface area (Å²) >= 11 is 0. The summed E-state index contributed by atoms with van der Waals surface area (Å²) < 4.78 is 1.77. The van der Waals surface area contributed by atoms with Crippen molar-refractivity contribution in [2.24, 2.45) is 0 Å². The molecule has 6 nitrogen and oxygen atoms in total. The average Bonchev–Trinajstić information content (AvgIpc) is 2.84. The highest BCUT2D eigenvalue weighted by Crippen LogP contribution is 2.20. The van der Waals surface area contributed by atoms with E-state index in [-0.39, 0.29) is 0 Å². The van der Waals surface area contributed by atoms with Gasteiger partial charge in [-0.1, -0.05) is 6.07 Å². The van der Waals surface area contributed by atoms with Crippen LogP contribution < -0.4 is 5.73 Å². The molecule has 0 bridgehead atoms. The zero-order valence-corrected chi connectivity index (χ0v) is 9.28. The van der Waals surface area contributed by atoms with Crippen LogP contribution in [0, 0.1) is 11.3 Å². The largest absolute Gasteiger partial charge is 0.382 e. The Labute approximate surface area is 102 Å². The number of benzene rings is 1. The Bertz CT molecular complexity index is 768. The quantitative estimate of drug-likeness (QED) is 0.686. The Kier molecular flexibility index (Phi) is 2.17. The van der Waals surface area contributed by atoms with Gasteiger partial charge in [0, 0.05) is 5.69 Å². The second-order valence-corrected chi connectivity index (χ2v) is 3.71. The summed E-state index contributed by atoms with van der Waals surface area (Å²) in [6.07, 6.45) is 2.99. The zero-order chi connectivity index (χ0) is 12.5. The van der Waals surface area contributed by atoms with E-state index in [0.717, 1.165) is 5.69 Å². The smallest absolute Gasteiger partial charge is 0.183 e. The van der Waals surface area contributed by atoms with Gasteiger partial charge in [-0.2, -0.15) is 5.26 Å². The first-order chi connectivity index (χ1) is 8.79. The minimum Gasteiger partial charge on any atom is -0.382 e. The predicted octanol–water partition coefficient (Wildman–Crippen LogP) is 1.27. The number of hydrogen-bond donors (Lipinski definition) is 1. The van der Waals surface area contributed by atoms with Crippen LogP contribution in [-0.2, 0) is 0 Å². The summed E-state index contributed by atoms with van der Waals surface area (Å²) in [5, 5.41) is 8.90. The van der Waals surface area contributed by atoms with Gasteiger partial charge in [0.2, 0.25) is 0 Å². The van der Waals surface area contributed by atoms with Crippen molar-refractivity contribution in [1.82, 2.24) is 19.5 Å². The highest BCUT2D eigenvalue weighted by atomic mass is 15.1. The van der Waals surface area contributed by atoms with Crippen LogP contribution in [0.25, 0.3) is 16.9 Å². The lowest BCUT2D eigenvalue weighted by atomic mass is 10.2. The third kappa shape index (κ3) is 1.46. The van der Waals surface area contributed by atoms with Crippen LogP contribution in [0.5, 0.6) is 0 Å². The minimum absolute atomic E-state index is 0.361. The molecule has 86 valence electrons. The molecular weight excluding hydrogens is 228 g/mol. The number of rotatable bonds is 1. The van der Waals surface area contributed by atoms with Crippen molar-refractivity contribution in [3.8, 4) is 11.8 Å². The summed E-state index contributed by atoms with van der Waals surface area (Å²) in [5.74, 6) is 0.361. The van der Waals surface area contributed by atoms with E-state index in [0.29, 0.717) is 22.5 Å². The van der Waals surface area contributed by atoms with Crippen LogP contribution in [0.2, 0.25) is 0 Å². The van der Waals surface area contributed by atoms with Crippen LogP contribution >= 0.6 is 0 Å². The highest BCUT2D eigenvalue weighted by Gasteiger charge is 2.09. The van der Waals surface area contributed by atoms with Gasteiger partial charge in [-0.25, -0.2) is 15.0 Å². The second kappa shape index (κ2) is 3.82. The predicted molar refractivity (Wildman–Crippen MR) is 65.8 cm³/mol. The van der Waals surface area contributed by atoms with Gasteiger partial charge in [0.1, 0.15) is 18.2 Å². The monoisotopic (exact) mass is 236 g/mol. The van der Waals surface area contributed by atoms with Crippen LogP contribution in [0.4, 0.5) is 5.82 Å². The first-order valence-electron chi connectivity index (χ1n) is 5.23. The Balaban J connectivity index is 2.29. The molecular formula is C12H8N6. The molecule has 0 amide bonds. The number of nitriles is 1. The molecule has 3 aromatic rings. The van der Waals surface area contributed by atoms with E-state index in [1.807, 2.05) is 6.07 Å². The number of imidazole rings is 1. The summed E-state index contributed by atoms with van der Waals surface area (Å²) in [7, 11) is 0. The molecule has 2 aromatic heterocycles. The zero-order valence-electron chi connectivity index (χ0n) is 9.28. The van der Waals surface area contributed by atoms with E-state index in [1.54, 1.807) is 29.1 Å². The molecule has 0 spiro atoms. The van der Waals surface area contributed by atoms with Crippen molar-refractivity contribution >= 4 is 17.0 Å². The van der Waals surface area contributed by atoms with Gasteiger partial charge in [0.25, 0.3) is 0 Å². The molecule has 0 aliphatic heterocycles. The fraction of sp³-hybridized carbons (Fsp3) is 0. The molecule has 1 aromatic carbocycles. The first kappa shape index (κ1) is 10.2. The van der Waals surface area contributed by atoms with Crippen molar-refractivity contribution in [2.45, 2.75) is 0 Å². The molecule has 6 heteroatoms. The fourth-order valence-corrected chi connectivity index (χ4v) is 1.80. The van der Waals surface area contributed by atoms with E-state index < -0.39 is 0 Å². The van der Waals surface area contributed by atoms with Crippen molar-refractivity contribution in [1.29, 1.82) is 5.26 Å². The molecule has 3 rings (SSSR count). The Morgan fingerprint density at radius 1 is 1.22 bits per heavy atom. The maximum Gasteiger partial charge on any atom is 0.183 e. The Morgan fingerprint density at radius 3 is 2.94 bits per heavy atom. The Morgan fingerprint density at radius 2 is 2.11 bits per heavy atom. The van der Waals surface area contributed by atoms with E-state index in [9.17, 15) is 0 Å². The first-order valence-corrected chi connectivity index (χ1v) is 5.23. The van der Waals surface area contributed by atoms with Gasteiger partial charge in [-0.05, 0) is 18.2 Å². The molecule has 2 N–H and O–H groups in total. The normalized spacial score (nSPS) is 10.4. The lowest BCUT2D eigenvalue weighted by Crippen LogP contribution is -1.99. The van der Waals surface area contributed by atoms with Gasteiger partial charge in [-0.3, -0.25) is 4.57 Å². The average molecular weight is 236 g/mol. The van der Waals surface area contributed by atoms with Gasteiger partial charge in [0.05, 0.1) is 11.6 Å². The SMILES string of the molecule is N#Cc1cccc(-n2cnc3ncnc(N)c32)c1. The molecule has 0 radical (unpaired) electrons.